The molecule has 0 aromatic heterocycles. The molecular formula is C15H19ClN2O. The molecule has 1 aromatic rings. The summed E-state index contributed by atoms with van der Waals surface area (Å²) in [7, 11) is 0. The molecule has 1 amide bonds. The second kappa shape index (κ2) is 7.31. The molecule has 1 heterocycles. The van der Waals surface area contributed by atoms with Gasteiger partial charge in [0.15, 0.2) is 0 Å². The lowest BCUT2D eigenvalue weighted by Crippen LogP contribution is -2.24. The highest BCUT2D eigenvalue weighted by atomic mass is 35.5. The van der Waals surface area contributed by atoms with E-state index in [-0.39, 0.29) is 5.91 Å². The molecule has 2 N–H and O–H groups in total. The first-order valence-electron chi connectivity index (χ1n) is 6.66. The van der Waals surface area contributed by atoms with Crippen LogP contribution in [0, 0.1) is 5.92 Å². The lowest BCUT2D eigenvalue weighted by molar-refractivity contribution is -0.116. The van der Waals surface area contributed by atoms with Crippen LogP contribution in [-0.2, 0) is 4.79 Å². The fourth-order valence-corrected chi connectivity index (χ4v) is 2.29. The van der Waals surface area contributed by atoms with E-state index in [0.717, 1.165) is 31.6 Å². The Morgan fingerprint density at radius 1 is 1.42 bits per heavy atom. The minimum absolute atomic E-state index is 0.0408. The van der Waals surface area contributed by atoms with Crippen LogP contribution >= 0.6 is 11.6 Å². The zero-order chi connectivity index (χ0) is 13.5. The van der Waals surface area contributed by atoms with Crippen molar-refractivity contribution >= 4 is 23.6 Å². The third-order valence-electron chi connectivity index (χ3n) is 3.31. The van der Waals surface area contributed by atoms with E-state index in [1.165, 1.54) is 6.42 Å². The standard InChI is InChI=1S/C15H19ClN2O/c16-14-4-1-12(2-5-14)3-6-15(19)18-10-8-13-7-9-17-11-13/h1-6,13,17H,7-11H2,(H,18,19). The van der Waals surface area contributed by atoms with Gasteiger partial charge in [0.05, 0.1) is 0 Å². The normalized spacial score (nSPS) is 18.9. The highest BCUT2D eigenvalue weighted by molar-refractivity contribution is 6.30. The number of hydrogen-bond acceptors (Lipinski definition) is 2. The molecule has 1 aliphatic heterocycles. The van der Waals surface area contributed by atoms with Gasteiger partial charge in [-0.3, -0.25) is 4.79 Å². The Bertz CT molecular complexity index is 436. The van der Waals surface area contributed by atoms with Gasteiger partial charge in [0.2, 0.25) is 5.91 Å². The zero-order valence-corrected chi connectivity index (χ0v) is 11.6. The Kier molecular flexibility index (Phi) is 5.43. The first-order valence-corrected chi connectivity index (χ1v) is 7.04. The van der Waals surface area contributed by atoms with Gasteiger partial charge in [0.25, 0.3) is 0 Å². The number of carbonyl (C=O) groups excluding carboxylic acids is 1. The molecule has 1 fully saturated rings. The number of hydrogen-bond donors (Lipinski definition) is 2. The van der Waals surface area contributed by atoms with Gasteiger partial charge in [0, 0.05) is 17.6 Å². The second-order valence-corrected chi connectivity index (χ2v) is 5.26. The number of benzene rings is 1. The topological polar surface area (TPSA) is 41.1 Å². The largest absolute Gasteiger partial charge is 0.353 e. The van der Waals surface area contributed by atoms with Crippen LogP contribution in [0.4, 0.5) is 0 Å². The lowest BCUT2D eigenvalue weighted by atomic mass is 10.1. The quantitative estimate of drug-likeness (QED) is 0.813. The van der Waals surface area contributed by atoms with Crippen molar-refractivity contribution < 1.29 is 4.79 Å². The third kappa shape index (κ3) is 5.05. The van der Waals surface area contributed by atoms with Crippen LogP contribution in [0.15, 0.2) is 30.3 Å². The van der Waals surface area contributed by atoms with Gasteiger partial charge in [0.1, 0.15) is 0 Å². The van der Waals surface area contributed by atoms with Crippen molar-refractivity contribution in [3.05, 3.63) is 40.9 Å². The summed E-state index contributed by atoms with van der Waals surface area (Å²) in [5.41, 5.74) is 0.972. The molecule has 1 unspecified atom stereocenters. The summed E-state index contributed by atoms with van der Waals surface area (Å²) in [6.07, 6.45) is 5.63. The molecule has 0 radical (unpaired) electrons. The fourth-order valence-electron chi connectivity index (χ4n) is 2.17. The molecule has 1 aromatic carbocycles. The summed E-state index contributed by atoms with van der Waals surface area (Å²) in [5, 5.41) is 6.94. The SMILES string of the molecule is O=C(C=Cc1ccc(Cl)cc1)NCCC1CCNC1. The first kappa shape index (κ1) is 14.1. The van der Waals surface area contributed by atoms with Crippen LogP contribution in [-0.4, -0.2) is 25.5 Å². The molecule has 1 aliphatic rings. The number of amides is 1. The Labute approximate surface area is 119 Å². The summed E-state index contributed by atoms with van der Waals surface area (Å²) in [4.78, 5) is 11.6. The fraction of sp³-hybridized carbons (Fsp3) is 0.400. The van der Waals surface area contributed by atoms with Crippen molar-refractivity contribution in [1.29, 1.82) is 0 Å². The van der Waals surface area contributed by atoms with Crippen molar-refractivity contribution in [1.82, 2.24) is 10.6 Å². The van der Waals surface area contributed by atoms with Gasteiger partial charge in [-0.05, 0) is 55.6 Å². The van der Waals surface area contributed by atoms with Crippen molar-refractivity contribution in [3.63, 3.8) is 0 Å². The van der Waals surface area contributed by atoms with Crippen molar-refractivity contribution in [3.8, 4) is 0 Å². The van der Waals surface area contributed by atoms with Gasteiger partial charge in [-0.15, -0.1) is 0 Å². The second-order valence-electron chi connectivity index (χ2n) is 4.82. The van der Waals surface area contributed by atoms with Gasteiger partial charge in [-0.1, -0.05) is 23.7 Å². The van der Waals surface area contributed by atoms with E-state index in [0.29, 0.717) is 10.9 Å². The minimum Gasteiger partial charge on any atom is -0.353 e. The number of rotatable bonds is 5. The highest BCUT2D eigenvalue weighted by Gasteiger charge is 2.13. The van der Waals surface area contributed by atoms with Crippen LogP contribution in [0.25, 0.3) is 6.08 Å². The summed E-state index contributed by atoms with van der Waals surface area (Å²) >= 11 is 5.80. The van der Waals surface area contributed by atoms with Gasteiger partial charge in [-0.2, -0.15) is 0 Å². The molecule has 3 nitrogen and oxygen atoms in total. The van der Waals surface area contributed by atoms with Crippen molar-refractivity contribution in [2.75, 3.05) is 19.6 Å². The molecule has 1 saturated heterocycles. The monoisotopic (exact) mass is 278 g/mol. The summed E-state index contributed by atoms with van der Waals surface area (Å²) < 4.78 is 0. The van der Waals surface area contributed by atoms with E-state index in [9.17, 15) is 4.79 Å². The van der Waals surface area contributed by atoms with E-state index in [1.54, 1.807) is 12.2 Å². The maximum atomic E-state index is 11.6. The molecule has 19 heavy (non-hydrogen) atoms. The third-order valence-corrected chi connectivity index (χ3v) is 3.56. The van der Waals surface area contributed by atoms with Crippen LogP contribution in [0.5, 0.6) is 0 Å². The molecular weight excluding hydrogens is 260 g/mol. The smallest absolute Gasteiger partial charge is 0.243 e. The maximum Gasteiger partial charge on any atom is 0.243 e. The highest BCUT2D eigenvalue weighted by Crippen LogP contribution is 2.11. The van der Waals surface area contributed by atoms with E-state index in [2.05, 4.69) is 10.6 Å². The molecule has 102 valence electrons. The number of carbonyl (C=O) groups is 1. The molecule has 0 aliphatic carbocycles. The average molecular weight is 279 g/mol. The summed E-state index contributed by atoms with van der Waals surface area (Å²) in [6.45, 7) is 2.93. The van der Waals surface area contributed by atoms with E-state index < -0.39 is 0 Å². The van der Waals surface area contributed by atoms with Crippen LogP contribution < -0.4 is 10.6 Å². The van der Waals surface area contributed by atoms with Crippen LogP contribution in [0.3, 0.4) is 0 Å². The summed E-state index contributed by atoms with van der Waals surface area (Å²) in [5.74, 6) is 0.668. The summed E-state index contributed by atoms with van der Waals surface area (Å²) in [6, 6.07) is 7.39. The van der Waals surface area contributed by atoms with Crippen molar-refractivity contribution in [2.45, 2.75) is 12.8 Å². The zero-order valence-electron chi connectivity index (χ0n) is 10.9. The lowest BCUT2D eigenvalue weighted by Gasteiger charge is -2.07. The van der Waals surface area contributed by atoms with E-state index >= 15 is 0 Å². The Balaban J connectivity index is 1.69. The molecule has 0 bridgehead atoms. The molecule has 0 saturated carbocycles. The van der Waals surface area contributed by atoms with Crippen LogP contribution in [0.1, 0.15) is 18.4 Å². The average Bonchev–Trinajstić information content (AvgIpc) is 2.91. The Hall–Kier alpha value is -1.32. The van der Waals surface area contributed by atoms with Gasteiger partial charge >= 0.3 is 0 Å². The number of halogens is 1. The maximum absolute atomic E-state index is 11.6. The van der Waals surface area contributed by atoms with Gasteiger partial charge < -0.3 is 10.6 Å². The first-order chi connectivity index (χ1) is 9.24. The van der Waals surface area contributed by atoms with E-state index in [4.69, 9.17) is 11.6 Å². The Morgan fingerprint density at radius 3 is 2.89 bits per heavy atom. The predicted molar refractivity (Wildman–Crippen MR) is 79.1 cm³/mol. The van der Waals surface area contributed by atoms with E-state index in [1.807, 2.05) is 24.3 Å². The molecule has 4 heteroatoms. The minimum atomic E-state index is -0.0408. The molecule has 2 rings (SSSR count). The van der Waals surface area contributed by atoms with Gasteiger partial charge in [-0.25, -0.2) is 0 Å². The molecule has 1 atom stereocenters. The predicted octanol–water partition coefficient (Wildman–Crippen LogP) is 2.47. The molecule has 0 spiro atoms. The van der Waals surface area contributed by atoms with Crippen LogP contribution in [0.2, 0.25) is 5.02 Å². The Morgan fingerprint density at radius 2 is 2.21 bits per heavy atom. The van der Waals surface area contributed by atoms with Crippen molar-refractivity contribution in [2.24, 2.45) is 5.92 Å². The number of nitrogens with one attached hydrogen (secondary N) is 2.